The second-order valence-corrected chi connectivity index (χ2v) is 8.62. The molecule has 3 aromatic rings. The van der Waals surface area contributed by atoms with Crippen LogP contribution in [0.25, 0.3) is 0 Å². The Kier molecular flexibility index (Phi) is 7.33. The highest BCUT2D eigenvalue weighted by molar-refractivity contribution is 7.93. The molecule has 1 amide bonds. The maximum atomic E-state index is 13.3. The molecule has 0 unspecified atom stereocenters. The van der Waals surface area contributed by atoms with Gasteiger partial charge in [-0.15, -0.1) is 0 Å². The topological polar surface area (TPSA) is 159 Å². The van der Waals surface area contributed by atoms with Crippen LogP contribution in [0.1, 0.15) is 15.9 Å². The van der Waals surface area contributed by atoms with E-state index in [2.05, 4.69) is 10.5 Å². The Morgan fingerprint density at radius 3 is 2.24 bits per heavy atom. The number of anilines is 1. The maximum Gasteiger partial charge on any atom is 0.335 e. The standard InChI is InChI=1S/C22H18N4O7S/c27-21(24-23-14-16-10-12-17(13-11-16)22(28)29)15-25(18-6-2-1-3-7-18)34(32,33)20-9-5-4-8-19(20)26(30)31/h1-14H,15H2,(H,24,27)(H,28,29)/b23-14-. The molecule has 0 saturated carbocycles. The number of carboxylic acids is 1. The number of hydrogen-bond acceptors (Lipinski definition) is 7. The number of aromatic carboxylic acids is 1. The number of rotatable bonds is 9. The van der Waals surface area contributed by atoms with Crippen LogP contribution in [0.4, 0.5) is 11.4 Å². The van der Waals surface area contributed by atoms with Gasteiger partial charge < -0.3 is 5.11 Å². The van der Waals surface area contributed by atoms with E-state index in [9.17, 15) is 28.1 Å². The van der Waals surface area contributed by atoms with Gasteiger partial charge in [-0.25, -0.2) is 18.6 Å². The number of carboxylic acid groups (broad SMARTS) is 1. The van der Waals surface area contributed by atoms with Gasteiger partial charge >= 0.3 is 5.97 Å². The van der Waals surface area contributed by atoms with Crippen LogP contribution in [-0.2, 0) is 14.8 Å². The first kappa shape index (κ1) is 24.1. The fraction of sp³-hybridized carbons (Fsp3) is 0.0455. The number of nitrogens with zero attached hydrogens (tertiary/aromatic N) is 3. The number of nitro benzene ring substituents is 1. The highest BCUT2D eigenvalue weighted by atomic mass is 32.2. The molecule has 0 aromatic heterocycles. The van der Waals surface area contributed by atoms with Gasteiger partial charge in [-0.05, 0) is 35.9 Å². The molecule has 0 aliphatic carbocycles. The van der Waals surface area contributed by atoms with Crippen molar-refractivity contribution >= 4 is 39.5 Å². The molecular formula is C22H18N4O7S. The third-order valence-corrected chi connectivity index (χ3v) is 6.34. The van der Waals surface area contributed by atoms with Gasteiger partial charge in [0, 0.05) is 6.07 Å². The predicted molar refractivity (Wildman–Crippen MR) is 123 cm³/mol. The van der Waals surface area contributed by atoms with E-state index in [1.54, 1.807) is 18.2 Å². The molecule has 0 fully saturated rings. The molecule has 11 nitrogen and oxygen atoms in total. The number of carbonyl (C=O) groups is 2. The minimum absolute atomic E-state index is 0.0832. The second-order valence-electron chi connectivity index (χ2n) is 6.79. The quantitative estimate of drug-likeness (QED) is 0.269. The summed E-state index contributed by atoms with van der Waals surface area (Å²) in [5, 5.41) is 24.1. The largest absolute Gasteiger partial charge is 0.478 e. The fourth-order valence-corrected chi connectivity index (χ4v) is 4.49. The number of benzene rings is 3. The van der Waals surface area contributed by atoms with Crippen LogP contribution in [0, 0.1) is 10.1 Å². The third-order valence-electron chi connectivity index (χ3n) is 4.52. The lowest BCUT2D eigenvalue weighted by Gasteiger charge is -2.23. The molecule has 0 atom stereocenters. The average molecular weight is 482 g/mol. The van der Waals surface area contributed by atoms with E-state index in [0.717, 1.165) is 16.4 Å². The van der Waals surface area contributed by atoms with Crippen LogP contribution >= 0.6 is 0 Å². The number of para-hydroxylation sites is 2. The van der Waals surface area contributed by atoms with Crippen LogP contribution < -0.4 is 9.73 Å². The fourth-order valence-electron chi connectivity index (χ4n) is 2.91. The van der Waals surface area contributed by atoms with Crippen LogP contribution in [0.15, 0.2) is 88.9 Å². The van der Waals surface area contributed by atoms with Gasteiger partial charge in [-0.1, -0.05) is 42.5 Å². The number of nitro groups is 1. The van der Waals surface area contributed by atoms with E-state index in [1.807, 2.05) is 0 Å². The van der Waals surface area contributed by atoms with Gasteiger partial charge in [0.15, 0.2) is 4.90 Å². The van der Waals surface area contributed by atoms with Crippen molar-refractivity contribution in [2.24, 2.45) is 5.10 Å². The third kappa shape index (κ3) is 5.61. The van der Waals surface area contributed by atoms with Crippen molar-refractivity contribution in [3.63, 3.8) is 0 Å². The summed E-state index contributed by atoms with van der Waals surface area (Å²) in [7, 11) is -4.49. The SMILES string of the molecule is O=C(CN(c1ccccc1)S(=O)(=O)c1ccccc1[N+](=O)[O-])N/N=C\c1ccc(C(=O)O)cc1. The van der Waals surface area contributed by atoms with Gasteiger partial charge in [0.2, 0.25) is 0 Å². The highest BCUT2D eigenvalue weighted by Gasteiger charge is 2.33. The van der Waals surface area contributed by atoms with Crippen molar-refractivity contribution in [1.29, 1.82) is 0 Å². The number of amides is 1. The summed E-state index contributed by atoms with van der Waals surface area (Å²) in [4.78, 5) is 33.4. The van der Waals surface area contributed by atoms with Gasteiger partial charge in [-0.3, -0.25) is 19.2 Å². The van der Waals surface area contributed by atoms with Crippen molar-refractivity contribution in [3.05, 3.63) is 100 Å². The lowest BCUT2D eigenvalue weighted by Crippen LogP contribution is -2.39. The zero-order valence-corrected chi connectivity index (χ0v) is 18.3. The van der Waals surface area contributed by atoms with Crippen molar-refractivity contribution in [3.8, 4) is 0 Å². The minimum Gasteiger partial charge on any atom is -0.478 e. The van der Waals surface area contributed by atoms with Crippen LogP contribution in [0.2, 0.25) is 0 Å². The Hall–Kier alpha value is -4.58. The summed E-state index contributed by atoms with van der Waals surface area (Å²) in [6.45, 7) is -0.701. The number of carbonyl (C=O) groups excluding carboxylic acids is 1. The first-order valence-corrected chi connectivity index (χ1v) is 11.1. The molecule has 174 valence electrons. The first-order valence-electron chi connectivity index (χ1n) is 9.66. The Balaban J connectivity index is 1.84. The Labute approximate surface area is 194 Å². The Morgan fingerprint density at radius 1 is 1.00 bits per heavy atom. The van der Waals surface area contributed by atoms with E-state index >= 15 is 0 Å². The molecule has 12 heteroatoms. The zero-order valence-electron chi connectivity index (χ0n) is 17.4. The van der Waals surface area contributed by atoms with Crippen LogP contribution in [-0.4, -0.2) is 43.1 Å². The molecule has 3 rings (SSSR count). The van der Waals surface area contributed by atoms with Crippen molar-refractivity contribution in [2.45, 2.75) is 4.90 Å². The molecule has 0 bridgehead atoms. The molecule has 34 heavy (non-hydrogen) atoms. The number of sulfonamides is 1. The average Bonchev–Trinajstić information content (AvgIpc) is 2.83. The van der Waals surface area contributed by atoms with E-state index < -0.39 is 44.0 Å². The van der Waals surface area contributed by atoms with Crippen molar-refractivity contribution < 1.29 is 28.0 Å². The molecule has 2 N–H and O–H groups in total. The molecule has 0 aliphatic heterocycles. The number of hydrogen-bond donors (Lipinski definition) is 2. The number of hydrazone groups is 1. The zero-order chi connectivity index (χ0) is 24.7. The summed E-state index contributed by atoms with van der Waals surface area (Å²) in [5.74, 6) is -1.89. The van der Waals surface area contributed by atoms with Crippen molar-refractivity contribution in [1.82, 2.24) is 5.43 Å². The predicted octanol–water partition coefficient (Wildman–Crippen LogP) is 2.64. The molecule has 3 aromatic carbocycles. The first-order chi connectivity index (χ1) is 16.2. The van der Waals surface area contributed by atoms with Gasteiger partial charge in [0.05, 0.1) is 22.4 Å². The molecule has 0 saturated heterocycles. The lowest BCUT2D eigenvalue weighted by molar-refractivity contribution is -0.387. The minimum atomic E-state index is -4.49. The lowest BCUT2D eigenvalue weighted by atomic mass is 10.1. The maximum absolute atomic E-state index is 13.3. The Bertz CT molecular complexity index is 1340. The molecule has 0 aliphatic rings. The van der Waals surface area contributed by atoms with Gasteiger partial charge in [0.25, 0.3) is 21.6 Å². The highest BCUT2D eigenvalue weighted by Crippen LogP contribution is 2.29. The molecule has 0 spiro atoms. The molecular weight excluding hydrogens is 464 g/mol. The summed E-state index contributed by atoms with van der Waals surface area (Å²) in [5.41, 5.74) is 2.29. The van der Waals surface area contributed by atoms with Crippen molar-refractivity contribution in [2.75, 3.05) is 10.8 Å². The van der Waals surface area contributed by atoms with Crippen LogP contribution in [0.5, 0.6) is 0 Å². The second kappa shape index (κ2) is 10.4. The van der Waals surface area contributed by atoms with Gasteiger partial charge in [0.1, 0.15) is 6.54 Å². The molecule has 0 radical (unpaired) electrons. The van der Waals surface area contributed by atoms with E-state index in [-0.39, 0.29) is 11.3 Å². The normalized spacial score (nSPS) is 11.2. The number of nitrogens with one attached hydrogen (secondary N) is 1. The molecule has 0 heterocycles. The summed E-state index contributed by atoms with van der Waals surface area (Å²) >= 11 is 0. The van der Waals surface area contributed by atoms with E-state index in [4.69, 9.17) is 5.11 Å². The van der Waals surface area contributed by atoms with Gasteiger partial charge in [-0.2, -0.15) is 5.10 Å². The van der Waals surface area contributed by atoms with Crippen LogP contribution in [0.3, 0.4) is 0 Å². The smallest absolute Gasteiger partial charge is 0.335 e. The Morgan fingerprint density at radius 2 is 1.62 bits per heavy atom. The monoisotopic (exact) mass is 482 g/mol. The summed E-state index contributed by atoms with van der Waals surface area (Å²) in [6, 6.07) is 18.2. The summed E-state index contributed by atoms with van der Waals surface area (Å²) < 4.78 is 27.4. The van der Waals surface area contributed by atoms with E-state index in [0.29, 0.717) is 5.56 Å². The van der Waals surface area contributed by atoms with E-state index in [1.165, 1.54) is 54.7 Å². The summed E-state index contributed by atoms with van der Waals surface area (Å²) in [6.07, 6.45) is 1.26.